The number of amides is 4. The second-order valence-corrected chi connectivity index (χ2v) is 27.6. The van der Waals surface area contributed by atoms with Crippen LogP contribution in [0.1, 0.15) is 56.5 Å². The molecule has 0 bridgehead atoms. The molecule has 5 N–H and O–H groups in total. The van der Waals surface area contributed by atoms with E-state index in [1.54, 1.807) is 11.1 Å². The lowest BCUT2D eigenvalue weighted by molar-refractivity contribution is -0.139. The van der Waals surface area contributed by atoms with Crippen molar-refractivity contribution in [3.05, 3.63) is 120 Å². The Balaban J connectivity index is 1.19. The topological polar surface area (TPSA) is 217 Å². The highest BCUT2D eigenvalue weighted by molar-refractivity contribution is 8.00. The van der Waals surface area contributed by atoms with Crippen LogP contribution >= 0.6 is 11.8 Å². The Morgan fingerprint density at radius 3 is 1.96 bits per heavy atom. The third-order valence-corrected chi connectivity index (χ3v) is 14.7. The summed E-state index contributed by atoms with van der Waals surface area (Å²) < 4.78 is 64.6. The summed E-state index contributed by atoms with van der Waals surface area (Å²) in [5, 5.41) is 21.0. The van der Waals surface area contributed by atoms with Gasteiger partial charge in [0.25, 0.3) is 0 Å². The molecule has 0 saturated heterocycles. The molecule has 79 heavy (non-hydrogen) atoms. The minimum atomic E-state index is -1.42. The molecule has 1 aromatic heterocycles. The predicted molar refractivity (Wildman–Crippen MR) is 304 cm³/mol. The van der Waals surface area contributed by atoms with Crippen molar-refractivity contribution < 1.29 is 66.3 Å². The largest absolute Gasteiger partial charge is 0.480 e. The van der Waals surface area contributed by atoms with Gasteiger partial charge < -0.3 is 64.3 Å². The summed E-state index contributed by atoms with van der Waals surface area (Å²) in [7, 11) is -1.42. The third-order valence-electron chi connectivity index (χ3n) is 12.0. The molecule has 3 aromatic carbocycles. The van der Waals surface area contributed by atoms with E-state index in [0.717, 1.165) is 35.4 Å². The van der Waals surface area contributed by atoms with Crippen LogP contribution in [-0.2, 0) is 56.0 Å². The second-order valence-electron chi connectivity index (χ2n) is 20.9. The van der Waals surface area contributed by atoms with E-state index in [2.05, 4.69) is 40.9 Å². The van der Waals surface area contributed by atoms with Gasteiger partial charge in [0.15, 0.2) is 0 Å². The molecule has 18 nitrogen and oxygen atoms in total. The molecule has 0 spiro atoms. The van der Waals surface area contributed by atoms with E-state index in [-0.39, 0.29) is 68.3 Å². The van der Waals surface area contributed by atoms with E-state index < -0.39 is 55.4 Å². The smallest absolute Gasteiger partial charge is 0.407 e. The van der Waals surface area contributed by atoms with Crippen LogP contribution < -0.4 is 21.3 Å². The standard InChI is InChI=1S/C57H82F2N6O12SSi/c1-57(2,3)53(50-35-45(47-36-46(58)19-20-48(47)59)39-64(50)38-43-15-9-7-10-16-43)65(24-13-21-62-55(70)76-33-34-79(4,5)6)52(67)42-78-41-49(54(68)69)60-22-14-25-72-27-29-74-31-32-75-30-28-73-26-23-61-51(66)37-63-56(71)77-40-44-17-11-8-12-18-44/h7-12,15-20,35-36,39,49,53,60H,13-14,21-34,37-38,40-42H2,1-6H3,(H,61,66)(H,62,70)(H,63,71)(H,68,69). The number of rotatable bonds is 38. The maximum Gasteiger partial charge on any atom is 0.407 e. The lowest BCUT2D eigenvalue weighted by atomic mass is 9.83. The van der Waals surface area contributed by atoms with Crippen LogP contribution in [-0.4, -0.2) is 162 Å². The number of hydrogen-bond donors (Lipinski definition) is 5. The molecule has 22 heteroatoms. The number of ether oxygens (including phenoxy) is 6. The van der Waals surface area contributed by atoms with Crippen molar-refractivity contribution in [2.24, 2.45) is 5.41 Å². The highest BCUT2D eigenvalue weighted by Gasteiger charge is 2.37. The number of aromatic nitrogens is 1. The summed E-state index contributed by atoms with van der Waals surface area (Å²) in [5.74, 6) is -2.80. The van der Waals surface area contributed by atoms with Crippen LogP contribution in [0.3, 0.4) is 0 Å². The Kier molecular flexibility index (Phi) is 29.6. The van der Waals surface area contributed by atoms with Gasteiger partial charge in [-0.3, -0.25) is 14.4 Å². The van der Waals surface area contributed by atoms with Crippen LogP contribution in [0, 0.1) is 17.0 Å². The maximum atomic E-state index is 15.4. The van der Waals surface area contributed by atoms with E-state index in [0.29, 0.717) is 90.0 Å². The van der Waals surface area contributed by atoms with Gasteiger partial charge >= 0.3 is 18.2 Å². The monoisotopic (exact) mass is 1140 g/mol. The maximum absolute atomic E-state index is 15.4. The normalized spacial score (nSPS) is 12.4. The molecule has 2 atom stereocenters. The Bertz CT molecular complexity index is 2450. The van der Waals surface area contributed by atoms with Crippen molar-refractivity contribution >= 4 is 49.8 Å². The summed E-state index contributed by atoms with van der Waals surface area (Å²) in [6, 6.07) is 23.3. The second kappa shape index (κ2) is 35.7. The Labute approximate surface area is 469 Å². The molecule has 0 aliphatic rings. The molecule has 0 fully saturated rings. The number of nitrogens with zero attached hydrogens (tertiary/aromatic N) is 2. The van der Waals surface area contributed by atoms with Crippen LogP contribution in [0.2, 0.25) is 25.7 Å². The molecular weight excluding hydrogens is 1060 g/mol. The third kappa shape index (κ3) is 26.8. The highest BCUT2D eigenvalue weighted by Crippen LogP contribution is 2.41. The number of thioether (sulfide) groups is 1. The highest BCUT2D eigenvalue weighted by atomic mass is 32.2. The molecule has 0 aliphatic heterocycles. The summed E-state index contributed by atoms with van der Waals surface area (Å²) in [4.78, 5) is 65.1. The lowest BCUT2D eigenvalue weighted by Crippen LogP contribution is -2.45. The zero-order valence-electron chi connectivity index (χ0n) is 46.7. The molecule has 0 radical (unpaired) electrons. The predicted octanol–water partition coefficient (Wildman–Crippen LogP) is 8.13. The average molecular weight is 1140 g/mol. The number of alkyl carbamates (subject to hydrolysis) is 2. The SMILES string of the molecule is CC(C)(C)C(c1cc(-c2cc(F)ccc2F)cn1Cc1ccccc1)N(CCCNC(=O)OCC[Si](C)(C)C)C(=O)CSCC(NCCCOCCOCCOCCOCCNC(=O)CNC(=O)OCc1ccccc1)C(=O)O. The average Bonchev–Trinajstić information content (AvgIpc) is 3.88. The van der Waals surface area contributed by atoms with Crippen molar-refractivity contribution in [2.45, 2.75) is 84.5 Å². The molecular formula is C57H82F2N6O12SSi. The molecule has 2 unspecified atom stereocenters. The first-order chi connectivity index (χ1) is 37.8. The Morgan fingerprint density at radius 2 is 1.33 bits per heavy atom. The van der Waals surface area contributed by atoms with Gasteiger partial charge in [0.1, 0.15) is 24.3 Å². The quantitative estimate of drug-likeness (QED) is 0.0212. The van der Waals surface area contributed by atoms with Crippen LogP contribution in [0.4, 0.5) is 18.4 Å². The fraction of sp³-hybridized carbons (Fsp3) is 0.526. The molecule has 436 valence electrons. The zero-order valence-corrected chi connectivity index (χ0v) is 48.5. The minimum Gasteiger partial charge on any atom is -0.480 e. The number of nitrogens with one attached hydrogen (secondary N) is 4. The number of aliphatic carboxylic acids is 1. The fourth-order valence-corrected chi connectivity index (χ4v) is 9.65. The summed E-state index contributed by atoms with van der Waals surface area (Å²) in [6.45, 7) is 17.0. The van der Waals surface area contributed by atoms with E-state index >= 15 is 4.39 Å². The first-order valence-electron chi connectivity index (χ1n) is 26.8. The van der Waals surface area contributed by atoms with Crippen LogP contribution in [0.15, 0.2) is 91.1 Å². The van der Waals surface area contributed by atoms with Crippen molar-refractivity contribution in [3.63, 3.8) is 0 Å². The number of carbonyl (C=O) groups is 5. The number of halogens is 2. The van der Waals surface area contributed by atoms with Gasteiger partial charge in [-0.2, -0.15) is 0 Å². The number of carbonyl (C=O) groups excluding carboxylic acids is 4. The van der Waals surface area contributed by atoms with Gasteiger partial charge in [-0.15, -0.1) is 11.8 Å². The number of benzene rings is 3. The number of hydrogen-bond acceptors (Lipinski definition) is 13. The van der Waals surface area contributed by atoms with Crippen LogP contribution in [0.25, 0.3) is 11.1 Å². The van der Waals surface area contributed by atoms with Crippen molar-refractivity contribution in [3.8, 4) is 11.1 Å². The molecule has 4 aromatic rings. The lowest BCUT2D eigenvalue weighted by Gasteiger charge is -2.41. The fourth-order valence-electron chi connectivity index (χ4n) is 7.98. The van der Waals surface area contributed by atoms with Gasteiger partial charge in [-0.05, 0) is 66.2 Å². The van der Waals surface area contributed by atoms with E-state index in [9.17, 15) is 33.5 Å². The molecule has 4 rings (SSSR count). The molecule has 0 saturated carbocycles. The van der Waals surface area contributed by atoms with Gasteiger partial charge in [0, 0.05) is 69.6 Å². The number of carboxylic acid groups (broad SMARTS) is 1. The Morgan fingerprint density at radius 1 is 0.709 bits per heavy atom. The van der Waals surface area contributed by atoms with Crippen molar-refractivity contribution in [1.82, 2.24) is 30.7 Å². The first kappa shape index (κ1) is 65.6. The summed E-state index contributed by atoms with van der Waals surface area (Å²) in [5.41, 5.74) is 2.43. The van der Waals surface area contributed by atoms with Crippen LogP contribution in [0.5, 0.6) is 0 Å². The summed E-state index contributed by atoms with van der Waals surface area (Å²) in [6.07, 6.45) is 1.47. The van der Waals surface area contributed by atoms with E-state index in [1.165, 1.54) is 11.8 Å². The van der Waals surface area contributed by atoms with Gasteiger partial charge in [0.2, 0.25) is 11.8 Å². The minimum absolute atomic E-state index is 0.0461. The van der Waals surface area contributed by atoms with E-state index in [1.807, 2.05) is 92.1 Å². The van der Waals surface area contributed by atoms with Crippen molar-refractivity contribution in [2.75, 3.05) is 104 Å². The number of carboxylic acids is 1. The van der Waals surface area contributed by atoms with Gasteiger partial charge in [-0.1, -0.05) is 101 Å². The first-order valence-corrected chi connectivity index (χ1v) is 31.6. The van der Waals surface area contributed by atoms with Gasteiger partial charge in [0.05, 0.1) is 71.2 Å². The molecule has 0 aliphatic carbocycles. The summed E-state index contributed by atoms with van der Waals surface area (Å²) >= 11 is 1.20. The van der Waals surface area contributed by atoms with Gasteiger partial charge in [-0.25, -0.2) is 18.4 Å². The van der Waals surface area contributed by atoms with Crippen molar-refractivity contribution in [1.29, 1.82) is 0 Å². The molecule has 4 amide bonds. The zero-order chi connectivity index (χ0) is 57.5. The molecule has 1 heterocycles. The Hall–Kier alpha value is -5.88. The van der Waals surface area contributed by atoms with E-state index in [4.69, 9.17) is 28.4 Å².